The zero-order valence-electron chi connectivity index (χ0n) is 17.1. The van der Waals surface area contributed by atoms with Crippen molar-refractivity contribution in [3.05, 3.63) is 53.5 Å². The largest absolute Gasteiger partial charge is 0.453 e. The fourth-order valence-electron chi connectivity index (χ4n) is 3.62. The lowest BCUT2D eigenvalue weighted by atomic mass is 10.00. The summed E-state index contributed by atoms with van der Waals surface area (Å²) in [5.74, 6) is -1.06. The Bertz CT molecular complexity index is 957. The molecule has 10 heteroatoms. The average molecular weight is 446 g/mol. The average Bonchev–Trinajstić information content (AvgIpc) is 3.26. The van der Waals surface area contributed by atoms with E-state index in [1.165, 1.54) is 18.7 Å². The molecule has 1 amide bonds. The second kappa shape index (κ2) is 9.49. The molecule has 164 valence electrons. The molecule has 0 radical (unpaired) electrons. The number of hydrogen-bond donors (Lipinski definition) is 2. The van der Waals surface area contributed by atoms with Crippen LogP contribution in [0.3, 0.4) is 0 Å². The molecule has 0 bridgehead atoms. The number of ether oxygens (including phenoxy) is 3. The van der Waals surface area contributed by atoms with Gasteiger partial charge in [-0.15, -0.1) is 0 Å². The Morgan fingerprint density at radius 2 is 2.03 bits per heavy atom. The van der Waals surface area contributed by atoms with E-state index in [-0.39, 0.29) is 16.9 Å². The van der Waals surface area contributed by atoms with E-state index in [4.69, 9.17) is 25.8 Å². The van der Waals surface area contributed by atoms with Crippen LogP contribution in [0.1, 0.15) is 48.7 Å². The molecule has 2 aromatic heterocycles. The van der Waals surface area contributed by atoms with Gasteiger partial charge >= 0.3 is 0 Å². The number of hydrogen-bond acceptors (Lipinski definition) is 8. The van der Waals surface area contributed by atoms with E-state index >= 15 is 0 Å². The number of amides is 1. The zero-order valence-corrected chi connectivity index (χ0v) is 17.9. The molecular weight excluding hydrogens is 422 g/mol. The second-order valence-electron chi connectivity index (χ2n) is 7.31. The first-order valence-electron chi connectivity index (χ1n) is 10.2. The highest BCUT2D eigenvalue weighted by Crippen LogP contribution is 2.41. The van der Waals surface area contributed by atoms with Crippen LogP contribution >= 0.6 is 11.6 Å². The number of anilines is 2. The van der Waals surface area contributed by atoms with E-state index in [0.29, 0.717) is 36.8 Å². The molecule has 0 saturated carbocycles. The van der Waals surface area contributed by atoms with Crippen molar-refractivity contribution < 1.29 is 19.0 Å². The topological polar surface area (TPSA) is 107 Å². The predicted molar refractivity (Wildman–Crippen MR) is 115 cm³/mol. The molecule has 0 atom stereocenters. The lowest BCUT2D eigenvalue weighted by molar-refractivity contribution is -0.154. The monoisotopic (exact) mass is 445 g/mol. The Hall–Kier alpha value is -2.91. The van der Waals surface area contributed by atoms with Crippen LogP contribution in [-0.2, 0) is 20.0 Å². The van der Waals surface area contributed by atoms with Crippen molar-refractivity contribution in [2.45, 2.75) is 44.4 Å². The molecule has 2 aliphatic rings. The van der Waals surface area contributed by atoms with Crippen molar-refractivity contribution in [3.8, 4) is 0 Å². The van der Waals surface area contributed by atoms with Gasteiger partial charge in [-0.2, -0.15) is 0 Å². The van der Waals surface area contributed by atoms with Gasteiger partial charge in [-0.05, 0) is 31.4 Å². The first-order valence-corrected chi connectivity index (χ1v) is 10.6. The second-order valence-corrected chi connectivity index (χ2v) is 7.70. The summed E-state index contributed by atoms with van der Waals surface area (Å²) >= 11 is 6.13. The van der Waals surface area contributed by atoms with Gasteiger partial charge in [0, 0.05) is 31.9 Å². The number of pyridine rings is 1. The lowest BCUT2D eigenvalue weighted by Gasteiger charge is -2.29. The molecule has 1 saturated heterocycles. The number of aromatic nitrogens is 3. The SMILES string of the molecule is CCCC1(c2cc(Cl)ncc2NC(=O)c2ccnc(NC3CCOCC3)n2)OC=CO1. The number of rotatable bonds is 7. The van der Waals surface area contributed by atoms with Crippen LogP contribution in [0.25, 0.3) is 0 Å². The molecule has 4 heterocycles. The molecular formula is C21H24ClN5O4. The summed E-state index contributed by atoms with van der Waals surface area (Å²) in [5, 5.41) is 6.40. The van der Waals surface area contributed by atoms with E-state index in [9.17, 15) is 4.79 Å². The first kappa shape index (κ1) is 21.3. The standard InChI is InChI=1S/C21H24ClN5O4/c1-2-6-21(30-10-11-31-21)15-12-18(22)24-13-17(15)26-19(28)16-3-7-23-20(27-16)25-14-4-8-29-9-5-14/h3,7,10-14H,2,4-6,8-9H2,1H3,(H,26,28)(H,23,25,27). The van der Waals surface area contributed by atoms with E-state index in [1.54, 1.807) is 18.3 Å². The summed E-state index contributed by atoms with van der Waals surface area (Å²) < 4.78 is 16.9. The Kier molecular flexibility index (Phi) is 6.53. The van der Waals surface area contributed by atoms with Gasteiger partial charge in [0.05, 0.1) is 17.4 Å². The van der Waals surface area contributed by atoms with Crippen LogP contribution in [0.2, 0.25) is 5.15 Å². The minimum atomic E-state index is -1.06. The first-order chi connectivity index (χ1) is 15.1. The summed E-state index contributed by atoms with van der Waals surface area (Å²) in [6.45, 7) is 3.41. The maximum Gasteiger partial charge on any atom is 0.278 e. The number of halogens is 1. The predicted octanol–water partition coefficient (Wildman–Crippen LogP) is 3.84. The summed E-state index contributed by atoms with van der Waals surface area (Å²) in [6.07, 6.45) is 9.09. The molecule has 2 N–H and O–H groups in total. The van der Waals surface area contributed by atoms with E-state index in [1.807, 2.05) is 6.92 Å². The van der Waals surface area contributed by atoms with Crippen molar-refractivity contribution in [3.63, 3.8) is 0 Å². The van der Waals surface area contributed by atoms with Crippen LogP contribution in [0, 0.1) is 0 Å². The van der Waals surface area contributed by atoms with Gasteiger partial charge in [-0.25, -0.2) is 15.0 Å². The third-order valence-corrected chi connectivity index (χ3v) is 5.33. The third-order valence-electron chi connectivity index (χ3n) is 5.12. The fourth-order valence-corrected chi connectivity index (χ4v) is 3.78. The molecule has 0 aromatic carbocycles. The Labute approximate surface area is 185 Å². The molecule has 0 aliphatic carbocycles. The summed E-state index contributed by atoms with van der Waals surface area (Å²) in [4.78, 5) is 25.7. The smallest absolute Gasteiger partial charge is 0.278 e. The number of carbonyl (C=O) groups is 1. The van der Waals surface area contributed by atoms with Gasteiger partial charge in [0.2, 0.25) is 5.95 Å². The minimum Gasteiger partial charge on any atom is -0.453 e. The van der Waals surface area contributed by atoms with Crippen LogP contribution in [-0.4, -0.2) is 40.1 Å². The zero-order chi connectivity index (χ0) is 21.7. The Morgan fingerprint density at radius 3 is 2.77 bits per heavy atom. The Balaban J connectivity index is 1.54. The van der Waals surface area contributed by atoms with Crippen LogP contribution in [0.4, 0.5) is 11.6 Å². The lowest BCUT2D eigenvalue weighted by Crippen LogP contribution is -2.30. The molecule has 4 rings (SSSR count). The van der Waals surface area contributed by atoms with Crippen molar-refractivity contribution in [2.24, 2.45) is 0 Å². The van der Waals surface area contributed by atoms with Gasteiger partial charge < -0.3 is 24.8 Å². The summed E-state index contributed by atoms with van der Waals surface area (Å²) in [6, 6.07) is 3.41. The third kappa shape index (κ3) is 4.88. The van der Waals surface area contributed by atoms with Gasteiger partial charge in [0.25, 0.3) is 11.7 Å². The highest BCUT2D eigenvalue weighted by molar-refractivity contribution is 6.29. The minimum absolute atomic E-state index is 0.220. The van der Waals surface area contributed by atoms with Gasteiger partial charge in [0.1, 0.15) is 23.4 Å². The number of nitrogens with zero attached hydrogens (tertiary/aromatic N) is 3. The van der Waals surface area contributed by atoms with Gasteiger partial charge in [-0.1, -0.05) is 18.5 Å². The van der Waals surface area contributed by atoms with Crippen molar-refractivity contribution in [1.82, 2.24) is 15.0 Å². The highest BCUT2D eigenvalue weighted by atomic mass is 35.5. The highest BCUT2D eigenvalue weighted by Gasteiger charge is 2.40. The molecule has 0 spiro atoms. The normalized spacial score (nSPS) is 17.6. The summed E-state index contributed by atoms with van der Waals surface area (Å²) in [7, 11) is 0. The molecule has 9 nitrogen and oxygen atoms in total. The molecule has 0 unspecified atom stereocenters. The van der Waals surface area contributed by atoms with Crippen molar-refractivity contribution in [1.29, 1.82) is 0 Å². The number of carbonyl (C=O) groups excluding carboxylic acids is 1. The van der Waals surface area contributed by atoms with E-state index in [0.717, 1.165) is 19.3 Å². The quantitative estimate of drug-likeness (QED) is 0.619. The van der Waals surface area contributed by atoms with Crippen LogP contribution in [0.5, 0.6) is 0 Å². The van der Waals surface area contributed by atoms with Gasteiger partial charge in [0.15, 0.2) is 0 Å². The van der Waals surface area contributed by atoms with Crippen molar-refractivity contribution >= 4 is 29.1 Å². The van der Waals surface area contributed by atoms with E-state index in [2.05, 4.69) is 25.6 Å². The molecule has 31 heavy (non-hydrogen) atoms. The molecule has 2 aliphatic heterocycles. The number of nitrogens with one attached hydrogen (secondary N) is 2. The summed E-state index contributed by atoms with van der Waals surface area (Å²) in [5.41, 5.74) is 1.24. The van der Waals surface area contributed by atoms with Crippen LogP contribution < -0.4 is 10.6 Å². The maximum absolute atomic E-state index is 13.0. The van der Waals surface area contributed by atoms with Crippen LogP contribution in [0.15, 0.2) is 37.1 Å². The van der Waals surface area contributed by atoms with E-state index < -0.39 is 11.7 Å². The van der Waals surface area contributed by atoms with Gasteiger partial charge in [-0.3, -0.25) is 4.79 Å². The fraction of sp³-hybridized carbons (Fsp3) is 0.429. The van der Waals surface area contributed by atoms with Crippen molar-refractivity contribution in [2.75, 3.05) is 23.8 Å². The molecule has 2 aromatic rings. The maximum atomic E-state index is 13.0. The Morgan fingerprint density at radius 1 is 1.26 bits per heavy atom. The molecule has 1 fully saturated rings.